The van der Waals surface area contributed by atoms with E-state index in [2.05, 4.69) is 0 Å². The van der Waals surface area contributed by atoms with Crippen LogP contribution in [0.4, 0.5) is 9.18 Å². The molecule has 2 aliphatic heterocycles. The Hall–Kier alpha value is -2.96. The van der Waals surface area contributed by atoms with E-state index in [4.69, 9.17) is 14.2 Å². The fraction of sp³-hybridized carbons (Fsp3) is 0.350. The van der Waals surface area contributed by atoms with Gasteiger partial charge in [-0.2, -0.15) is 0 Å². The number of nitrogens with zero attached hydrogens (tertiary/aromatic N) is 1. The van der Waals surface area contributed by atoms with Crippen molar-refractivity contribution in [3.63, 3.8) is 0 Å². The van der Waals surface area contributed by atoms with Crippen LogP contribution in [0.1, 0.15) is 24.3 Å². The number of carbonyl (C=O) groups is 1. The first-order valence-electron chi connectivity index (χ1n) is 8.87. The number of fused-ring (bicyclic) bond motifs is 1. The minimum atomic E-state index is -0.952. The maximum Gasteiger partial charge on any atom is 0.407 e. The van der Waals surface area contributed by atoms with Crippen LogP contribution in [0, 0.1) is 5.82 Å². The number of hydrogen-bond acceptors (Lipinski definition) is 4. The van der Waals surface area contributed by atoms with Crippen LogP contribution >= 0.6 is 0 Å². The summed E-state index contributed by atoms with van der Waals surface area (Å²) in [5.74, 6) is 1.79. The molecule has 27 heavy (non-hydrogen) atoms. The lowest BCUT2D eigenvalue weighted by Gasteiger charge is -2.37. The van der Waals surface area contributed by atoms with Crippen molar-refractivity contribution in [2.24, 2.45) is 0 Å². The Balaban J connectivity index is 1.45. The molecule has 142 valence electrons. The van der Waals surface area contributed by atoms with Crippen molar-refractivity contribution in [2.45, 2.75) is 24.8 Å². The third kappa shape index (κ3) is 3.77. The average Bonchev–Trinajstić information content (AvgIpc) is 3.14. The number of piperidine rings is 1. The number of benzene rings is 2. The summed E-state index contributed by atoms with van der Waals surface area (Å²) in [6.45, 7) is 0.851. The van der Waals surface area contributed by atoms with Crippen molar-refractivity contribution in [3.05, 3.63) is 53.8 Å². The van der Waals surface area contributed by atoms with Gasteiger partial charge in [-0.05, 0) is 48.6 Å². The Morgan fingerprint density at radius 3 is 2.74 bits per heavy atom. The Morgan fingerprint density at radius 1 is 1.19 bits per heavy atom. The summed E-state index contributed by atoms with van der Waals surface area (Å²) in [6, 6.07) is 11.4. The largest absolute Gasteiger partial charge is 0.491 e. The molecule has 2 aliphatic rings. The van der Waals surface area contributed by atoms with Gasteiger partial charge in [0.1, 0.15) is 18.2 Å². The predicted octanol–water partition coefficient (Wildman–Crippen LogP) is 3.86. The minimum absolute atomic E-state index is 0.173. The molecule has 2 aromatic carbocycles. The van der Waals surface area contributed by atoms with E-state index in [0.717, 1.165) is 5.56 Å². The Labute approximate surface area is 156 Å². The number of likely N-dealkylation sites (tertiary alicyclic amines) is 1. The third-order valence-corrected chi connectivity index (χ3v) is 5.09. The molecule has 2 atom stereocenters. The number of rotatable bonds is 4. The highest BCUT2D eigenvalue weighted by molar-refractivity contribution is 5.65. The highest BCUT2D eigenvalue weighted by atomic mass is 19.1. The summed E-state index contributed by atoms with van der Waals surface area (Å²) in [6.07, 6.45) is 0.382. The zero-order chi connectivity index (χ0) is 18.8. The first-order valence-corrected chi connectivity index (χ1v) is 8.87. The van der Waals surface area contributed by atoms with Crippen molar-refractivity contribution >= 4 is 6.09 Å². The quantitative estimate of drug-likeness (QED) is 0.881. The molecule has 0 bridgehead atoms. The molecule has 1 amide bonds. The molecule has 1 fully saturated rings. The molecule has 7 heteroatoms. The highest BCUT2D eigenvalue weighted by Gasteiger charge is 2.33. The van der Waals surface area contributed by atoms with E-state index >= 15 is 0 Å². The van der Waals surface area contributed by atoms with Gasteiger partial charge in [0, 0.05) is 12.6 Å². The molecule has 2 aromatic rings. The van der Waals surface area contributed by atoms with Crippen LogP contribution in [0.25, 0.3) is 0 Å². The van der Waals surface area contributed by atoms with Crippen molar-refractivity contribution in [1.29, 1.82) is 0 Å². The van der Waals surface area contributed by atoms with E-state index < -0.39 is 6.09 Å². The lowest BCUT2D eigenvalue weighted by atomic mass is 9.85. The number of carboxylic acid groups (broad SMARTS) is 1. The van der Waals surface area contributed by atoms with Gasteiger partial charge in [-0.15, -0.1) is 0 Å². The van der Waals surface area contributed by atoms with Gasteiger partial charge in [-0.1, -0.05) is 12.1 Å². The van der Waals surface area contributed by atoms with Gasteiger partial charge in [0.25, 0.3) is 0 Å². The zero-order valence-corrected chi connectivity index (χ0v) is 14.6. The van der Waals surface area contributed by atoms with Gasteiger partial charge in [-0.3, -0.25) is 0 Å². The van der Waals surface area contributed by atoms with Crippen LogP contribution < -0.4 is 14.2 Å². The summed E-state index contributed by atoms with van der Waals surface area (Å²) in [5, 5.41) is 9.51. The molecular formula is C20H20FNO5. The summed E-state index contributed by atoms with van der Waals surface area (Å²) in [4.78, 5) is 13.0. The van der Waals surface area contributed by atoms with Crippen LogP contribution in [-0.4, -0.2) is 42.1 Å². The van der Waals surface area contributed by atoms with E-state index in [1.165, 1.54) is 17.0 Å². The SMILES string of the molecule is O=C(O)N1CCC(c2ccc(F)cc2)CC1COc1ccc2c(c1)OCO2. The highest BCUT2D eigenvalue weighted by Crippen LogP contribution is 2.36. The van der Waals surface area contributed by atoms with Crippen molar-refractivity contribution in [2.75, 3.05) is 19.9 Å². The monoisotopic (exact) mass is 373 g/mol. The van der Waals surface area contributed by atoms with E-state index in [9.17, 15) is 14.3 Å². The fourth-order valence-electron chi connectivity index (χ4n) is 3.66. The molecule has 6 nitrogen and oxygen atoms in total. The summed E-state index contributed by atoms with van der Waals surface area (Å²) in [5.41, 5.74) is 1.02. The molecular weight excluding hydrogens is 353 g/mol. The molecule has 0 aliphatic carbocycles. The topological polar surface area (TPSA) is 68.2 Å². The second kappa shape index (κ2) is 7.34. The number of amides is 1. The second-order valence-corrected chi connectivity index (χ2v) is 6.73. The Kier molecular flexibility index (Phi) is 4.75. The third-order valence-electron chi connectivity index (χ3n) is 5.09. The van der Waals surface area contributed by atoms with Crippen LogP contribution in [0.2, 0.25) is 0 Å². The van der Waals surface area contributed by atoms with Crippen LogP contribution in [-0.2, 0) is 0 Å². The second-order valence-electron chi connectivity index (χ2n) is 6.73. The van der Waals surface area contributed by atoms with Crippen LogP contribution in [0.15, 0.2) is 42.5 Å². The average molecular weight is 373 g/mol. The smallest absolute Gasteiger partial charge is 0.407 e. The van der Waals surface area contributed by atoms with E-state index in [-0.39, 0.29) is 31.2 Å². The Bertz CT molecular complexity index is 826. The standard InChI is InChI=1S/C20H20FNO5/c21-15-3-1-13(2-4-15)14-7-8-22(20(23)24)16(9-14)11-25-17-5-6-18-19(10-17)27-12-26-18/h1-6,10,14,16H,7-9,11-12H2,(H,23,24). The summed E-state index contributed by atoms with van der Waals surface area (Å²) < 4.78 is 29.6. The first-order chi connectivity index (χ1) is 13.1. The number of hydrogen-bond donors (Lipinski definition) is 1. The lowest BCUT2D eigenvalue weighted by molar-refractivity contribution is 0.0775. The summed E-state index contributed by atoms with van der Waals surface area (Å²) in [7, 11) is 0. The van der Waals surface area contributed by atoms with Gasteiger partial charge in [0.15, 0.2) is 11.5 Å². The van der Waals surface area contributed by atoms with Crippen LogP contribution in [0.5, 0.6) is 17.2 Å². The lowest BCUT2D eigenvalue weighted by Crippen LogP contribution is -2.47. The van der Waals surface area contributed by atoms with E-state index in [1.807, 2.05) is 0 Å². The molecule has 0 saturated carbocycles. The van der Waals surface area contributed by atoms with Gasteiger partial charge in [0.05, 0.1) is 6.04 Å². The number of halogens is 1. The van der Waals surface area contributed by atoms with Crippen molar-refractivity contribution < 1.29 is 28.5 Å². The van der Waals surface area contributed by atoms with Gasteiger partial charge >= 0.3 is 6.09 Å². The molecule has 4 rings (SSSR count). The molecule has 2 unspecified atom stereocenters. The molecule has 0 aromatic heterocycles. The maximum absolute atomic E-state index is 13.2. The molecule has 1 saturated heterocycles. The normalized spacial score (nSPS) is 21.1. The number of ether oxygens (including phenoxy) is 3. The van der Waals surface area contributed by atoms with Crippen LogP contribution in [0.3, 0.4) is 0 Å². The predicted molar refractivity (Wildman–Crippen MR) is 95.0 cm³/mol. The summed E-state index contributed by atoms with van der Waals surface area (Å²) >= 11 is 0. The van der Waals surface area contributed by atoms with Crippen molar-refractivity contribution in [3.8, 4) is 17.2 Å². The van der Waals surface area contributed by atoms with Gasteiger partial charge in [-0.25, -0.2) is 9.18 Å². The zero-order valence-electron chi connectivity index (χ0n) is 14.6. The van der Waals surface area contributed by atoms with E-state index in [0.29, 0.717) is 36.6 Å². The van der Waals surface area contributed by atoms with Crippen molar-refractivity contribution in [1.82, 2.24) is 4.90 Å². The minimum Gasteiger partial charge on any atom is -0.491 e. The fourth-order valence-corrected chi connectivity index (χ4v) is 3.66. The van der Waals surface area contributed by atoms with E-state index in [1.54, 1.807) is 30.3 Å². The molecule has 2 heterocycles. The molecule has 1 N–H and O–H groups in total. The van der Waals surface area contributed by atoms with Gasteiger partial charge in [0.2, 0.25) is 6.79 Å². The maximum atomic E-state index is 13.2. The first kappa shape index (κ1) is 17.5. The molecule has 0 spiro atoms. The Morgan fingerprint density at radius 2 is 1.96 bits per heavy atom. The molecule has 0 radical (unpaired) electrons. The van der Waals surface area contributed by atoms with Gasteiger partial charge < -0.3 is 24.2 Å².